The van der Waals surface area contributed by atoms with E-state index >= 15 is 0 Å². The lowest BCUT2D eigenvalue weighted by atomic mass is 10.2. The van der Waals surface area contributed by atoms with E-state index in [0.29, 0.717) is 16.3 Å². The largest absolute Gasteiger partial charge is 0.497 e. The van der Waals surface area contributed by atoms with Crippen LogP contribution in [-0.2, 0) is 0 Å². The number of nitrogens with one attached hydrogen (secondary N) is 1. The first-order valence-electron chi connectivity index (χ1n) is 6.01. The zero-order valence-electron chi connectivity index (χ0n) is 11.1. The third-order valence-corrected chi connectivity index (χ3v) is 3.37. The fraction of sp³-hybridized carbons (Fsp3) is 0.200. The van der Waals surface area contributed by atoms with E-state index in [4.69, 9.17) is 4.74 Å². The summed E-state index contributed by atoms with van der Waals surface area (Å²) in [6.45, 7) is 0. The first-order valence-corrected chi connectivity index (χ1v) is 6.89. The molecule has 21 heavy (non-hydrogen) atoms. The highest BCUT2D eigenvalue weighted by molar-refractivity contribution is 7.10. The molecule has 110 valence electrons. The Morgan fingerprint density at radius 1 is 1.19 bits per heavy atom. The topological polar surface area (TPSA) is 21.3 Å². The average Bonchev–Trinajstić information content (AvgIpc) is 2.96. The Balaban J connectivity index is 2.16. The lowest BCUT2D eigenvalue weighted by molar-refractivity contribution is -0.130. The van der Waals surface area contributed by atoms with Crippen LogP contribution in [0.3, 0.4) is 0 Å². The Hall–Kier alpha value is -2.13. The van der Waals surface area contributed by atoms with Gasteiger partial charge in [-0.15, -0.1) is 11.3 Å². The van der Waals surface area contributed by atoms with Crippen LogP contribution in [0.5, 0.6) is 5.75 Å². The van der Waals surface area contributed by atoms with Crippen molar-refractivity contribution in [2.24, 2.45) is 0 Å². The highest BCUT2D eigenvalue weighted by atomic mass is 32.1. The molecule has 0 fully saturated rings. The number of methoxy groups -OCH3 is 1. The molecule has 2 nitrogen and oxygen atoms in total. The summed E-state index contributed by atoms with van der Waals surface area (Å²) in [4.78, 5) is 0.598. The van der Waals surface area contributed by atoms with Gasteiger partial charge in [-0.05, 0) is 35.7 Å². The SMILES string of the molecule is COc1ccc(NC(C#Cc2cccs2)C(F)(F)F)cc1. The second-order valence-corrected chi connectivity index (χ2v) is 5.04. The summed E-state index contributed by atoms with van der Waals surface area (Å²) in [6.07, 6.45) is -4.45. The molecule has 0 saturated carbocycles. The Morgan fingerprint density at radius 3 is 2.43 bits per heavy atom. The Kier molecular flexibility index (Phi) is 4.76. The summed E-state index contributed by atoms with van der Waals surface area (Å²) in [5, 5.41) is 4.15. The summed E-state index contributed by atoms with van der Waals surface area (Å²) in [6, 6.07) is 7.71. The zero-order chi connectivity index (χ0) is 15.3. The molecule has 1 unspecified atom stereocenters. The average molecular weight is 311 g/mol. The summed E-state index contributed by atoms with van der Waals surface area (Å²) in [5.74, 6) is 5.35. The van der Waals surface area contributed by atoms with Crippen molar-refractivity contribution in [1.82, 2.24) is 0 Å². The van der Waals surface area contributed by atoms with Crippen molar-refractivity contribution < 1.29 is 17.9 Å². The number of thiophene rings is 1. The highest BCUT2D eigenvalue weighted by Crippen LogP contribution is 2.24. The molecule has 0 saturated heterocycles. The van der Waals surface area contributed by atoms with E-state index in [-0.39, 0.29) is 0 Å². The summed E-state index contributed by atoms with van der Waals surface area (Å²) in [5.41, 5.74) is 0.332. The second-order valence-electron chi connectivity index (χ2n) is 4.09. The van der Waals surface area contributed by atoms with Gasteiger partial charge in [0.25, 0.3) is 0 Å². The standard InChI is InChI=1S/C15H12F3NOS/c1-20-12-6-4-11(5-7-12)19-14(15(16,17)18)9-8-13-3-2-10-21-13/h2-7,10,14,19H,1H3. The van der Waals surface area contributed by atoms with Gasteiger partial charge in [-0.3, -0.25) is 0 Å². The summed E-state index contributed by atoms with van der Waals surface area (Å²) < 4.78 is 43.9. The van der Waals surface area contributed by atoms with Crippen LogP contribution in [-0.4, -0.2) is 19.3 Å². The van der Waals surface area contributed by atoms with E-state index in [0.717, 1.165) is 0 Å². The molecular formula is C15H12F3NOS. The highest BCUT2D eigenvalue weighted by Gasteiger charge is 2.38. The lowest BCUT2D eigenvalue weighted by Crippen LogP contribution is -2.34. The van der Waals surface area contributed by atoms with Crippen molar-refractivity contribution in [2.45, 2.75) is 12.2 Å². The van der Waals surface area contributed by atoms with Crippen LogP contribution in [0, 0.1) is 11.8 Å². The molecule has 0 aliphatic carbocycles. The first-order chi connectivity index (χ1) is 9.99. The smallest absolute Gasteiger partial charge is 0.420 e. The van der Waals surface area contributed by atoms with E-state index in [1.807, 2.05) is 0 Å². The van der Waals surface area contributed by atoms with Crippen molar-refractivity contribution in [3.63, 3.8) is 0 Å². The van der Waals surface area contributed by atoms with Gasteiger partial charge in [-0.1, -0.05) is 17.9 Å². The number of alkyl halides is 3. The molecule has 6 heteroatoms. The maximum atomic E-state index is 13.0. The maximum Gasteiger partial charge on any atom is 0.420 e. The first kappa shape index (κ1) is 15.3. The van der Waals surface area contributed by atoms with Crippen molar-refractivity contribution in [3.8, 4) is 17.6 Å². The van der Waals surface area contributed by atoms with Crippen LogP contribution in [0.25, 0.3) is 0 Å². The molecule has 1 aromatic carbocycles. The molecule has 1 aromatic heterocycles. The van der Waals surface area contributed by atoms with Crippen molar-refractivity contribution in [1.29, 1.82) is 0 Å². The number of hydrogen-bond donors (Lipinski definition) is 1. The van der Waals surface area contributed by atoms with Gasteiger partial charge in [0.05, 0.1) is 12.0 Å². The molecule has 0 spiro atoms. The van der Waals surface area contributed by atoms with Gasteiger partial charge >= 0.3 is 6.18 Å². The number of rotatable bonds is 3. The van der Waals surface area contributed by atoms with Gasteiger partial charge in [-0.2, -0.15) is 13.2 Å². The van der Waals surface area contributed by atoms with Crippen molar-refractivity contribution in [3.05, 3.63) is 46.7 Å². The number of anilines is 1. The minimum atomic E-state index is -4.45. The van der Waals surface area contributed by atoms with Gasteiger partial charge in [0.1, 0.15) is 5.75 Å². The van der Waals surface area contributed by atoms with Gasteiger partial charge < -0.3 is 10.1 Å². The maximum absolute atomic E-state index is 13.0. The van der Waals surface area contributed by atoms with E-state index < -0.39 is 12.2 Å². The normalized spacial score (nSPS) is 12.2. The number of benzene rings is 1. The third-order valence-electron chi connectivity index (χ3n) is 2.59. The zero-order valence-corrected chi connectivity index (χ0v) is 11.9. The summed E-state index contributed by atoms with van der Waals surface area (Å²) in [7, 11) is 1.49. The molecule has 1 atom stereocenters. The van der Waals surface area contributed by atoms with Crippen LogP contribution >= 0.6 is 11.3 Å². The van der Waals surface area contributed by atoms with Crippen LogP contribution in [0.1, 0.15) is 4.88 Å². The third kappa shape index (κ3) is 4.43. The van der Waals surface area contributed by atoms with E-state index in [1.54, 1.807) is 29.6 Å². The van der Waals surface area contributed by atoms with Crippen molar-refractivity contribution in [2.75, 3.05) is 12.4 Å². The molecule has 0 aliphatic rings. The van der Waals surface area contributed by atoms with Gasteiger partial charge in [0.2, 0.25) is 0 Å². The Labute approximate surface area is 124 Å². The molecule has 1 heterocycles. The van der Waals surface area contributed by atoms with Crippen LogP contribution in [0.2, 0.25) is 0 Å². The van der Waals surface area contributed by atoms with E-state index in [1.165, 1.54) is 30.6 Å². The number of ether oxygens (including phenoxy) is 1. The minimum Gasteiger partial charge on any atom is -0.497 e. The number of hydrogen-bond acceptors (Lipinski definition) is 3. The van der Waals surface area contributed by atoms with Crippen LogP contribution in [0.4, 0.5) is 18.9 Å². The monoisotopic (exact) mass is 311 g/mol. The molecule has 0 radical (unpaired) electrons. The van der Waals surface area contributed by atoms with Gasteiger partial charge in [0, 0.05) is 5.69 Å². The molecule has 1 N–H and O–H groups in total. The summed E-state index contributed by atoms with van der Waals surface area (Å²) >= 11 is 1.30. The predicted molar refractivity (Wildman–Crippen MR) is 77.7 cm³/mol. The van der Waals surface area contributed by atoms with Gasteiger partial charge in [0.15, 0.2) is 6.04 Å². The molecule has 2 rings (SSSR count). The molecule has 0 amide bonds. The number of halogens is 3. The van der Waals surface area contributed by atoms with Crippen molar-refractivity contribution >= 4 is 17.0 Å². The Bertz CT molecular complexity index is 624. The van der Waals surface area contributed by atoms with Crippen LogP contribution < -0.4 is 10.1 Å². The lowest BCUT2D eigenvalue weighted by Gasteiger charge is -2.17. The van der Waals surface area contributed by atoms with E-state index in [2.05, 4.69) is 17.2 Å². The molecule has 0 bridgehead atoms. The van der Waals surface area contributed by atoms with Crippen LogP contribution in [0.15, 0.2) is 41.8 Å². The Morgan fingerprint density at radius 2 is 1.90 bits per heavy atom. The predicted octanol–water partition coefficient (Wildman–Crippen LogP) is 4.15. The molecule has 0 aliphatic heterocycles. The minimum absolute atomic E-state index is 0.332. The van der Waals surface area contributed by atoms with Gasteiger partial charge in [-0.25, -0.2) is 0 Å². The van der Waals surface area contributed by atoms with E-state index in [9.17, 15) is 13.2 Å². The molecule has 2 aromatic rings. The fourth-order valence-electron chi connectivity index (χ4n) is 1.55. The fourth-order valence-corrected chi connectivity index (χ4v) is 2.13. The quantitative estimate of drug-likeness (QED) is 0.860. The second kappa shape index (κ2) is 6.55. The molecular weight excluding hydrogens is 299 g/mol.